The Morgan fingerprint density at radius 1 is 0.938 bits per heavy atom. The molecule has 2 aromatic carbocycles. The van der Waals surface area contributed by atoms with Crippen LogP contribution in [-0.2, 0) is 11.3 Å². The number of hydrogen-bond acceptors (Lipinski definition) is 3. The van der Waals surface area contributed by atoms with Crippen molar-refractivity contribution in [2.45, 2.75) is 38.6 Å². The predicted octanol–water partition coefficient (Wildman–Crippen LogP) is 4.33. The number of benzene rings is 2. The molecule has 5 nitrogen and oxygen atoms in total. The average Bonchev–Trinajstić information content (AvgIpc) is 2.84. The van der Waals surface area contributed by atoms with Gasteiger partial charge in [-0.05, 0) is 74.1 Å². The molecule has 0 aromatic heterocycles. The molecule has 32 heavy (non-hydrogen) atoms. The summed E-state index contributed by atoms with van der Waals surface area (Å²) in [5.74, 6) is -0.634. The molecule has 0 radical (unpaired) electrons. The Balaban J connectivity index is 1.33. The molecule has 1 unspecified atom stereocenters. The van der Waals surface area contributed by atoms with E-state index in [1.165, 1.54) is 49.2 Å². The van der Waals surface area contributed by atoms with Gasteiger partial charge in [0.2, 0.25) is 5.91 Å². The highest BCUT2D eigenvalue weighted by molar-refractivity contribution is 5.94. The van der Waals surface area contributed by atoms with Gasteiger partial charge in [0, 0.05) is 51.0 Å². The molecular weight excluding hydrogens is 405 g/mol. The van der Waals surface area contributed by atoms with Gasteiger partial charge in [-0.3, -0.25) is 9.59 Å². The number of carbonyl (C=O) groups excluding carboxylic acids is 2. The lowest BCUT2D eigenvalue weighted by atomic mass is 9.95. The highest BCUT2D eigenvalue weighted by Gasteiger charge is 2.30. The highest BCUT2D eigenvalue weighted by atomic mass is 19.1. The topological polar surface area (TPSA) is 43.9 Å². The Labute approximate surface area is 189 Å². The zero-order valence-corrected chi connectivity index (χ0v) is 18.8. The summed E-state index contributed by atoms with van der Waals surface area (Å²) >= 11 is 0. The van der Waals surface area contributed by atoms with Crippen LogP contribution in [0.2, 0.25) is 0 Å². The maximum Gasteiger partial charge on any atom is 0.253 e. The molecule has 4 rings (SSSR count). The first-order valence-electron chi connectivity index (χ1n) is 11.6. The number of likely N-dealkylation sites (tertiary alicyclic amines) is 1. The molecule has 2 amide bonds. The van der Waals surface area contributed by atoms with Gasteiger partial charge in [-0.25, -0.2) is 4.39 Å². The van der Waals surface area contributed by atoms with E-state index in [0.29, 0.717) is 25.2 Å². The maximum absolute atomic E-state index is 13.2. The standard InChI is InChI=1S/C26H32FN3O2/c1-28(18-20-7-13-24(14-8-20)29-15-3-2-4-16-29)25(31)22-6-5-17-30(19-22)26(32)21-9-11-23(27)12-10-21/h7-14,22H,2-6,15-19H2,1H3. The SMILES string of the molecule is CN(Cc1ccc(N2CCCCC2)cc1)C(=O)C1CCCN(C(=O)c2ccc(F)cc2)C1. The summed E-state index contributed by atoms with van der Waals surface area (Å²) in [4.78, 5) is 31.8. The molecule has 6 heteroatoms. The van der Waals surface area contributed by atoms with Gasteiger partial charge in [-0.15, -0.1) is 0 Å². The number of carbonyl (C=O) groups is 2. The van der Waals surface area contributed by atoms with Crippen LogP contribution in [0.15, 0.2) is 48.5 Å². The molecule has 2 fully saturated rings. The van der Waals surface area contributed by atoms with Gasteiger partial charge >= 0.3 is 0 Å². The molecule has 0 aliphatic carbocycles. The second-order valence-corrected chi connectivity index (χ2v) is 9.01. The normalized spacial score (nSPS) is 19.0. The third kappa shape index (κ3) is 5.29. The van der Waals surface area contributed by atoms with Crippen molar-refractivity contribution in [3.05, 3.63) is 65.5 Å². The molecule has 2 saturated heterocycles. The first-order valence-corrected chi connectivity index (χ1v) is 11.6. The van der Waals surface area contributed by atoms with E-state index in [1.807, 2.05) is 7.05 Å². The van der Waals surface area contributed by atoms with Crippen molar-refractivity contribution in [2.75, 3.05) is 38.1 Å². The second kappa shape index (κ2) is 10.2. The van der Waals surface area contributed by atoms with Gasteiger partial charge in [0.25, 0.3) is 5.91 Å². The molecular formula is C26H32FN3O2. The van der Waals surface area contributed by atoms with Crippen LogP contribution in [0.4, 0.5) is 10.1 Å². The fourth-order valence-corrected chi connectivity index (χ4v) is 4.77. The van der Waals surface area contributed by atoms with Crippen LogP contribution in [-0.4, -0.2) is 54.8 Å². The Morgan fingerprint density at radius 2 is 1.62 bits per heavy atom. The Hall–Kier alpha value is -2.89. The zero-order valence-electron chi connectivity index (χ0n) is 18.8. The lowest BCUT2D eigenvalue weighted by Gasteiger charge is -2.34. The van der Waals surface area contributed by atoms with Crippen molar-refractivity contribution in [3.8, 4) is 0 Å². The summed E-state index contributed by atoms with van der Waals surface area (Å²) in [5, 5.41) is 0. The van der Waals surface area contributed by atoms with Crippen molar-refractivity contribution in [3.63, 3.8) is 0 Å². The van der Waals surface area contributed by atoms with E-state index < -0.39 is 0 Å². The Bertz CT molecular complexity index is 923. The van der Waals surface area contributed by atoms with E-state index in [2.05, 4.69) is 29.2 Å². The van der Waals surface area contributed by atoms with Crippen LogP contribution >= 0.6 is 0 Å². The van der Waals surface area contributed by atoms with E-state index >= 15 is 0 Å². The van der Waals surface area contributed by atoms with Crippen LogP contribution in [0.5, 0.6) is 0 Å². The number of halogens is 1. The highest BCUT2D eigenvalue weighted by Crippen LogP contribution is 2.23. The molecule has 2 heterocycles. The molecule has 0 saturated carbocycles. The van der Waals surface area contributed by atoms with E-state index in [-0.39, 0.29) is 23.5 Å². The number of piperidine rings is 2. The van der Waals surface area contributed by atoms with Gasteiger partial charge in [0.15, 0.2) is 0 Å². The van der Waals surface area contributed by atoms with E-state index in [1.54, 1.807) is 9.80 Å². The molecule has 170 valence electrons. The first-order chi connectivity index (χ1) is 15.5. The number of anilines is 1. The van der Waals surface area contributed by atoms with Crippen LogP contribution in [0.3, 0.4) is 0 Å². The lowest BCUT2D eigenvalue weighted by molar-refractivity contribution is -0.136. The van der Waals surface area contributed by atoms with Crippen molar-refractivity contribution in [1.82, 2.24) is 9.80 Å². The molecule has 2 aromatic rings. The largest absolute Gasteiger partial charge is 0.372 e. The average molecular weight is 438 g/mol. The Kier molecular flexibility index (Phi) is 7.08. The smallest absolute Gasteiger partial charge is 0.253 e. The van der Waals surface area contributed by atoms with Gasteiger partial charge < -0.3 is 14.7 Å². The number of hydrogen-bond donors (Lipinski definition) is 0. The molecule has 2 aliphatic heterocycles. The fourth-order valence-electron chi connectivity index (χ4n) is 4.77. The minimum Gasteiger partial charge on any atom is -0.372 e. The molecule has 0 bridgehead atoms. The Morgan fingerprint density at radius 3 is 2.31 bits per heavy atom. The monoisotopic (exact) mass is 437 g/mol. The van der Waals surface area contributed by atoms with Gasteiger partial charge in [0.05, 0.1) is 5.92 Å². The van der Waals surface area contributed by atoms with E-state index in [4.69, 9.17) is 0 Å². The summed E-state index contributed by atoms with van der Waals surface area (Å²) in [6, 6.07) is 14.1. The third-order valence-corrected chi connectivity index (χ3v) is 6.60. The van der Waals surface area contributed by atoms with Crippen LogP contribution in [0.1, 0.15) is 48.0 Å². The number of rotatable bonds is 5. The van der Waals surface area contributed by atoms with Crippen LogP contribution in [0.25, 0.3) is 0 Å². The minimum absolute atomic E-state index is 0.0710. The van der Waals surface area contributed by atoms with Gasteiger partial charge in [-0.2, -0.15) is 0 Å². The molecule has 0 spiro atoms. The maximum atomic E-state index is 13.2. The van der Waals surface area contributed by atoms with Crippen molar-refractivity contribution in [2.24, 2.45) is 5.92 Å². The summed E-state index contributed by atoms with van der Waals surface area (Å²) in [5.41, 5.74) is 2.82. The molecule has 2 aliphatic rings. The summed E-state index contributed by atoms with van der Waals surface area (Å²) in [6.07, 6.45) is 5.39. The molecule has 1 atom stereocenters. The van der Waals surface area contributed by atoms with Crippen molar-refractivity contribution >= 4 is 17.5 Å². The zero-order chi connectivity index (χ0) is 22.5. The molecule has 0 N–H and O–H groups in total. The van der Waals surface area contributed by atoms with Gasteiger partial charge in [0.1, 0.15) is 5.82 Å². The van der Waals surface area contributed by atoms with Crippen LogP contribution in [0, 0.1) is 11.7 Å². The summed E-state index contributed by atoms with van der Waals surface area (Å²) in [7, 11) is 1.83. The van der Waals surface area contributed by atoms with Crippen molar-refractivity contribution in [1.29, 1.82) is 0 Å². The minimum atomic E-state index is -0.362. The predicted molar refractivity (Wildman–Crippen MR) is 124 cm³/mol. The fraction of sp³-hybridized carbons (Fsp3) is 0.462. The van der Waals surface area contributed by atoms with Crippen molar-refractivity contribution < 1.29 is 14.0 Å². The number of nitrogens with zero attached hydrogens (tertiary/aromatic N) is 3. The lowest BCUT2D eigenvalue weighted by Crippen LogP contribution is -2.45. The third-order valence-electron chi connectivity index (χ3n) is 6.60. The number of amides is 2. The second-order valence-electron chi connectivity index (χ2n) is 9.01. The van der Waals surface area contributed by atoms with E-state index in [9.17, 15) is 14.0 Å². The first kappa shape index (κ1) is 22.3. The quantitative estimate of drug-likeness (QED) is 0.700. The van der Waals surface area contributed by atoms with Crippen LogP contribution < -0.4 is 4.90 Å². The van der Waals surface area contributed by atoms with Gasteiger partial charge in [-0.1, -0.05) is 12.1 Å². The van der Waals surface area contributed by atoms with E-state index in [0.717, 1.165) is 31.5 Å². The summed E-state index contributed by atoms with van der Waals surface area (Å²) in [6.45, 7) is 3.83. The summed E-state index contributed by atoms with van der Waals surface area (Å²) < 4.78 is 13.2.